The summed E-state index contributed by atoms with van der Waals surface area (Å²) in [6, 6.07) is 25.2. The van der Waals surface area contributed by atoms with Crippen molar-refractivity contribution in [2.24, 2.45) is 0 Å². The molecular weight excluding hydrogens is 352 g/mol. The third-order valence-corrected chi connectivity index (χ3v) is 4.67. The Labute approximate surface area is 160 Å². The van der Waals surface area contributed by atoms with E-state index in [0.717, 1.165) is 16.6 Å². The van der Waals surface area contributed by atoms with Crippen LogP contribution < -0.4 is 10.4 Å². The quantitative estimate of drug-likeness (QED) is 0.431. The number of aromatic nitrogens is 2. The molecule has 3 aromatic carbocycles. The first kappa shape index (κ1) is 16.3. The second-order valence-electron chi connectivity index (χ2n) is 6.44. The number of imidazole rings is 1. The molecule has 5 heteroatoms. The minimum atomic E-state index is -0.449. The molecule has 0 fully saturated rings. The zero-order valence-corrected chi connectivity index (χ0v) is 14.9. The minimum absolute atomic E-state index is 0.302. The molecule has 2 aromatic heterocycles. The predicted octanol–water partition coefficient (Wildman–Crippen LogP) is 4.71. The monoisotopic (exact) mass is 368 g/mol. The van der Waals surface area contributed by atoms with Gasteiger partial charge in [0.05, 0.1) is 11.2 Å². The molecule has 0 aliphatic carbocycles. The highest BCUT2D eigenvalue weighted by Crippen LogP contribution is 2.29. The van der Waals surface area contributed by atoms with Crippen molar-refractivity contribution in [1.82, 2.24) is 9.55 Å². The van der Waals surface area contributed by atoms with Crippen LogP contribution in [0.15, 0.2) is 94.4 Å². The van der Waals surface area contributed by atoms with Crippen molar-refractivity contribution in [3.8, 4) is 11.4 Å². The van der Waals surface area contributed by atoms with E-state index in [0.29, 0.717) is 29.0 Å². The Balaban J connectivity index is 1.66. The van der Waals surface area contributed by atoms with E-state index in [1.165, 1.54) is 0 Å². The molecular formula is C23H16N2O3. The third-order valence-electron chi connectivity index (χ3n) is 4.67. The lowest BCUT2D eigenvalue weighted by Crippen LogP contribution is -2.03. The molecule has 0 aliphatic rings. The van der Waals surface area contributed by atoms with E-state index >= 15 is 0 Å². The molecule has 28 heavy (non-hydrogen) atoms. The van der Waals surface area contributed by atoms with Gasteiger partial charge in [-0.3, -0.25) is 4.57 Å². The Hall–Kier alpha value is -3.86. The Bertz CT molecular complexity index is 1340. The zero-order chi connectivity index (χ0) is 18.9. The van der Waals surface area contributed by atoms with Gasteiger partial charge in [0, 0.05) is 5.39 Å². The van der Waals surface area contributed by atoms with Crippen LogP contribution in [0.25, 0.3) is 27.7 Å². The lowest BCUT2D eigenvalue weighted by atomic mass is 10.2. The Morgan fingerprint density at radius 3 is 2.54 bits per heavy atom. The number of benzene rings is 3. The van der Waals surface area contributed by atoms with Gasteiger partial charge in [-0.15, -0.1) is 0 Å². The molecule has 0 saturated carbocycles. The first-order valence-corrected chi connectivity index (χ1v) is 8.96. The predicted molar refractivity (Wildman–Crippen MR) is 108 cm³/mol. The first-order chi connectivity index (χ1) is 13.8. The molecule has 0 bridgehead atoms. The van der Waals surface area contributed by atoms with Crippen molar-refractivity contribution in [2.45, 2.75) is 6.61 Å². The van der Waals surface area contributed by atoms with Gasteiger partial charge in [0.1, 0.15) is 24.3 Å². The zero-order valence-electron chi connectivity index (χ0n) is 14.9. The average molecular weight is 368 g/mol. The van der Waals surface area contributed by atoms with E-state index in [4.69, 9.17) is 9.15 Å². The summed E-state index contributed by atoms with van der Waals surface area (Å²) in [6.07, 6.45) is 1.64. The minimum Gasteiger partial charge on any atom is -0.487 e. The summed E-state index contributed by atoms with van der Waals surface area (Å²) < 4.78 is 13.4. The molecule has 0 aliphatic heterocycles. The molecule has 0 spiro atoms. The molecule has 5 rings (SSSR count). The van der Waals surface area contributed by atoms with E-state index in [1.54, 1.807) is 12.4 Å². The highest BCUT2D eigenvalue weighted by molar-refractivity contribution is 6.01. The van der Waals surface area contributed by atoms with Crippen molar-refractivity contribution in [1.29, 1.82) is 0 Å². The van der Waals surface area contributed by atoms with Crippen LogP contribution in [0.2, 0.25) is 0 Å². The number of fused-ring (bicyclic) bond motifs is 3. The Morgan fingerprint density at radius 2 is 1.64 bits per heavy atom. The lowest BCUT2D eigenvalue weighted by Gasteiger charge is -2.13. The van der Waals surface area contributed by atoms with Gasteiger partial charge in [0.15, 0.2) is 5.52 Å². The first-order valence-electron chi connectivity index (χ1n) is 8.96. The second kappa shape index (κ2) is 6.70. The summed E-state index contributed by atoms with van der Waals surface area (Å²) >= 11 is 0. The maximum Gasteiger partial charge on any atom is 0.364 e. The molecule has 0 unspecified atom stereocenters. The fraction of sp³-hybridized carbons (Fsp3) is 0.0435. The number of rotatable bonds is 4. The van der Waals surface area contributed by atoms with Gasteiger partial charge in [-0.2, -0.15) is 0 Å². The van der Waals surface area contributed by atoms with Crippen LogP contribution in [0, 0.1) is 0 Å². The summed E-state index contributed by atoms with van der Waals surface area (Å²) in [7, 11) is 0. The lowest BCUT2D eigenvalue weighted by molar-refractivity contribution is 0.305. The fourth-order valence-electron chi connectivity index (χ4n) is 3.35. The van der Waals surface area contributed by atoms with Gasteiger partial charge in [0.2, 0.25) is 0 Å². The smallest absolute Gasteiger partial charge is 0.364 e. The van der Waals surface area contributed by atoms with E-state index < -0.39 is 5.63 Å². The van der Waals surface area contributed by atoms with Crippen molar-refractivity contribution in [3.63, 3.8) is 0 Å². The Morgan fingerprint density at radius 1 is 0.893 bits per heavy atom. The average Bonchev–Trinajstić information content (AvgIpc) is 3.19. The molecule has 0 radical (unpaired) electrons. The molecule has 5 aromatic rings. The molecule has 0 atom stereocenters. The maximum atomic E-state index is 12.4. The number of hydrogen-bond donors (Lipinski definition) is 0. The van der Waals surface area contributed by atoms with Crippen molar-refractivity contribution in [2.75, 3.05) is 0 Å². The maximum absolute atomic E-state index is 12.4. The number of nitrogens with zero attached hydrogens (tertiary/aromatic N) is 2. The summed E-state index contributed by atoms with van der Waals surface area (Å²) in [6.45, 7) is 0.452. The van der Waals surface area contributed by atoms with Crippen LogP contribution in [-0.4, -0.2) is 9.55 Å². The van der Waals surface area contributed by atoms with E-state index in [-0.39, 0.29) is 0 Å². The van der Waals surface area contributed by atoms with Gasteiger partial charge >= 0.3 is 5.63 Å². The van der Waals surface area contributed by atoms with E-state index in [1.807, 2.05) is 77.4 Å². The highest BCUT2D eigenvalue weighted by atomic mass is 16.5. The second-order valence-corrected chi connectivity index (χ2v) is 6.44. The molecule has 136 valence electrons. The summed E-state index contributed by atoms with van der Waals surface area (Å²) in [5.74, 6) is 0.711. The van der Waals surface area contributed by atoms with Crippen LogP contribution in [0.3, 0.4) is 0 Å². The molecule has 0 saturated heterocycles. The molecule has 2 heterocycles. The van der Waals surface area contributed by atoms with Crippen LogP contribution in [-0.2, 0) is 6.61 Å². The summed E-state index contributed by atoms with van der Waals surface area (Å²) in [5.41, 5.74) is 2.99. The summed E-state index contributed by atoms with van der Waals surface area (Å²) in [4.78, 5) is 16.7. The molecule has 0 amide bonds. The standard InChI is InChI=1S/C23H16N2O3/c26-23-21-22(17-10-4-6-12-19(17)28-23)25(15-24-21)18-11-5-7-13-20(18)27-14-16-8-2-1-3-9-16/h1-13,15H,14H2. The van der Waals surface area contributed by atoms with Crippen LogP contribution in [0.1, 0.15) is 5.56 Å². The van der Waals surface area contributed by atoms with Crippen LogP contribution >= 0.6 is 0 Å². The fourth-order valence-corrected chi connectivity index (χ4v) is 3.35. The molecule has 5 nitrogen and oxygen atoms in total. The van der Waals surface area contributed by atoms with Crippen LogP contribution in [0.4, 0.5) is 0 Å². The van der Waals surface area contributed by atoms with Crippen LogP contribution in [0.5, 0.6) is 5.75 Å². The number of para-hydroxylation sites is 3. The van der Waals surface area contributed by atoms with Gasteiger partial charge in [-0.05, 0) is 29.8 Å². The van der Waals surface area contributed by atoms with Crippen molar-refractivity contribution in [3.05, 3.63) is 101 Å². The number of ether oxygens (including phenoxy) is 1. The largest absolute Gasteiger partial charge is 0.487 e. The number of hydrogen-bond acceptors (Lipinski definition) is 4. The topological polar surface area (TPSA) is 57.3 Å². The highest BCUT2D eigenvalue weighted by Gasteiger charge is 2.16. The Kier molecular flexibility index (Phi) is 3.91. The molecule has 0 N–H and O–H groups in total. The van der Waals surface area contributed by atoms with E-state index in [9.17, 15) is 4.79 Å². The SMILES string of the molecule is O=c1oc2ccccc2c2c1ncn2-c1ccccc1OCc1ccccc1. The van der Waals surface area contributed by atoms with Gasteiger partial charge < -0.3 is 9.15 Å². The summed E-state index contributed by atoms with van der Waals surface area (Å²) in [5, 5.41) is 0.826. The van der Waals surface area contributed by atoms with E-state index in [2.05, 4.69) is 4.98 Å². The van der Waals surface area contributed by atoms with Gasteiger partial charge in [-0.1, -0.05) is 54.6 Å². The van der Waals surface area contributed by atoms with Crippen molar-refractivity contribution >= 4 is 22.0 Å². The van der Waals surface area contributed by atoms with Gasteiger partial charge in [0.25, 0.3) is 0 Å². The normalized spacial score (nSPS) is 11.1. The van der Waals surface area contributed by atoms with Crippen molar-refractivity contribution < 1.29 is 9.15 Å². The van der Waals surface area contributed by atoms with Gasteiger partial charge in [-0.25, -0.2) is 9.78 Å². The third kappa shape index (κ3) is 2.74.